The Kier molecular flexibility index (Phi) is 3.34. The molecule has 0 fully saturated rings. The second-order valence-corrected chi connectivity index (χ2v) is 2.99. The van der Waals surface area contributed by atoms with Crippen LogP contribution in [0.2, 0.25) is 0 Å². The number of carbonyl (C=O) groups excluding carboxylic acids is 1. The highest BCUT2D eigenvalue weighted by Gasteiger charge is 2.17. The van der Waals surface area contributed by atoms with E-state index in [4.69, 9.17) is 10.1 Å². The number of pyridine rings is 1. The van der Waals surface area contributed by atoms with Crippen molar-refractivity contribution < 1.29 is 9.53 Å². The van der Waals surface area contributed by atoms with Crippen molar-refractivity contribution in [2.75, 3.05) is 0 Å². The monoisotopic (exact) mass is 192 g/mol. The Morgan fingerprint density at radius 2 is 2.29 bits per heavy atom. The first-order valence-corrected chi connectivity index (χ1v) is 4.29. The fourth-order valence-electron chi connectivity index (χ4n) is 0.776. The second kappa shape index (κ2) is 4.50. The van der Waals surface area contributed by atoms with Gasteiger partial charge in [0.2, 0.25) is 5.88 Å². The Labute approximate surface area is 82.4 Å². The SMILES string of the molecule is CC(=N)C(C)C(=O)Oc1ccccn1. The van der Waals surface area contributed by atoms with Gasteiger partial charge in [0.25, 0.3) is 0 Å². The van der Waals surface area contributed by atoms with E-state index in [0.29, 0.717) is 0 Å². The zero-order chi connectivity index (χ0) is 10.6. The summed E-state index contributed by atoms with van der Waals surface area (Å²) in [6.45, 7) is 3.21. The smallest absolute Gasteiger partial charge is 0.321 e. The van der Waals surface area contributed by atoms with Crippen molar-refractivity contribution in [2.24, 2.45) is 5.92 Å². The summed E-state index contributed by atoms with van der Waals surface area (Å²) in [6.07, 6.45) is 1.55. The topological polar surface area (TPSA) is 63.0 Å². The third kappa shape index (κ3) is 2.65. The van der Waals surface area contributed by atoms with Crippen LogP contribution in [0.3, 0.4) is 0 Å². The number of nitrogens with zero attached hydrogens (tertiary/aromatic N) is 1. The minimum atomic E-state index is -0.517. The summed E-state index contributed by atoms with van der Waals surface area (Å²) < 4.78 is 4.95. The van der Waals surface area contributed by atoms with Crippen LogP contribution >= 0.6 is 0 Å². The molecule has 1 atom stereocenters. The summed E-state index contributed by atoms with van der Waals surface area (Å²) in [5.74, 6) is -0.696. The standard InChI is InChI=1S/C10H12N2O2/c1-7(8(2)11)10(13)14-9-5-3-4-6-12-9/h3-7,11H,1-2H3. The molecule has 1 rings (SSSR count). The van der Waals surface area contributed by atoms with Gasteiger partial charge in [0.1, 0.15) is 0 Å². The molecule has 0 amide bonds. The summed E-state index contributed by atoms with van der Waals surface area (Å²) in [5, 5.41) is 7.28. The van der Waals surface area contributed by atoms with Crippen LogP contribution in [-0.4, -0.2) is 16.7 Å². The van der Waals surface area contributed by atoms with Gasteiger partial charge in [-0.25, -0.2) is 4.98 Å². The fraction of sp³-hybridized carbons (Fsp3) is 0.300. The molecule has 1 unspecified atom stereocenters. The van der Waals surface area contributed by atoms with E-state index in [2.05, 4.69) is 4.98 Å². The maximum atomic E-state index is 11.4. The van der Waals surface area contributed by atoms with Crippen LogP contribution in [-0.2, 0) is 4.79 Å². The second-order valence-electron chi connectivity index (χ2n) is 2.99. The molecule has 74 valence electrons. The lowest BCUT2D eigenvalue weighted by Crippen LogP contribution is -2.23. The molecule has 0 saturated carbocycles. The number of carbonyl (C=O) groups is 1. The summed E-state index contributed by atoms with van der Waals surface area (Å²) >= 11 is 0. The quantitative estimate of drug-likeness (QED) is 0.585. The van der Waals surface area contributed by atoms with Gasteiger partial charge in [0, 0.05) is 18.0 Å². The zero-order valence-electron chi connectivity index (χ0n) is 8.15. The Hall–Kier alpha value is -1.71. The first-order valence-electron chi connectivity index (χ1n) is 4.29. The number of esters is 1. The molecule has 1 heterocycles. The van der Waals surface area contributed by atoms with Gasteiger partial charge in [-0.05, 0) is 19.9 Å². The van der Waals surface area contributed by atoms with Crippen molar-refractivity contribution in [1.29, 1.82) is 5.41 Å². The van der Waals surface area contributed by atoms with Gasteiger partial charge < -0.3 is 10.1 Å². The van der Waals surface area contributed by atoms with E-state index in [1.54, 1.807) is 38.2 Å². The lowest BCUT2D eigenvalue weighted by molar-refractivity contribution is -0.136. The molecule has 14 heavy (non-hydrogen) atoms. The molecule has 0 aliphatic heterocycles. The van der Waals surface area contributed by atoms with Crippen LogP contribution in [0.15, 0.2) is 24.4 Å². The van der Waals surface area contributed by atoms with E-state index in [1.165, 1.54) is 0 Å². The third-order valence-electron chi connectivity index (χ3n) is 1.85. The van der Waals surface area contributed by atoms with Crippen LogP contribution < -0.4 is 4.74 Å². The van der Waals surface area contributed by atoms with E-state index in [-0.39, 0.29) is 11.6 Å². The largest absolute Gasteiger partial charge is 0.407 e. The zero-order valence-corrected chi connectivity index (χ0v) is 8.15. The van der Waals surface area contributed by atoms with Gasteiger partial charge in [-0.15, -0.1) is 0 Å². The molecule has 4 heteroatoms. The van der Waals surface area contributed by atoms with Crippen molar-refractivity contribution in [1.82, 2.24) is 4.98 Å². The summed E-state index contributed by atoms with van der Waals surface area (Å²) in [4.78, 5) is 15.2. The molecule has 4 nitrogen and oxygen atoms in total. The Morgan fingerprint density at radius 3 is 2.79 bits per heavy atom. The number of hydrogen-bond donors (Lipinski definition) is 1. The highest BCUT2D eigenvalue weighted by atomic mass is 16.5. The summed E-state index contributed by atoms with van der Waals surface area (Å²) in [6, 6.07) is 5.07. The first kappa shape index (κ1) is 10.4. The minimum absolute atomic E-state index is 0.269. The molecular weight excluding hydrogens is 180 g/mol. The van der Waals surface area contributed by atoms with Crippen LogP contribution in [0.4, 0.5) is 0 Å². The predicted octanol–water partition coefficient (Wildman–Crippen LogP) is 1.66. The Balaban J connectivity index is 2.62. The third-order valence-corrected chi connectivity index (χ3v) is 1.85. The van der Waals surface area contributed by atoms with E-state index < -0.39 is 11.9 Å². The van der Waals surface area contributed by atoms with Gasteiger partial charge in [-0.2, -0.15) is 0 Å². The van der Waals surface area contributed by atoms with Crippen molar-refractivity contribution >= 4 is 11.7 Å². The number of aromatic nitrogens is 1. The van der Waals surface area contributed by atoms with E-state index in [1.807, 2.05) is 0 Å². The lowest BCUT2D eigenvalue weighted by atomic mass is 10.1. The minimum Gasteiger partial charge on any atom is -0.407 e. The van der Waals surface area contributed by atoms with Crippen LogP contribution in [0.25, 0.3) is 0 Å². The summed E-state index contributed by atoms with van der Waals surface area (Å²) in [7, 11) is 0. The van der Waals surface area contributed by atoms with Gasteiger partial charge in [-0.1, -0.05) is 6.07 Å². The highest BCUT2D eigenvalue weighted by Crippen LogP contribution is 2.07. The number of rotatable bonds is 3. The van der Waals surface area contributed by atoms with E-state index in [0.717, 1.165) is 0 Å². The molecule has 0 spiro atoms. The van der Waals surface area contributed by atoms with Gasteiger partial charge in [0.05, 0.1) is 5.92 Å². The maximum absolute atomic E-state index is 11.4. The molecule has 0 aliphatic rings. The molecule has 0 bridgehead atoms. The van der Waals surface area contributed by atoms with Crippen LogP contribution in [0, 0.1) is 11.3 Å². The van der Waals surface area contributed by atoms with Crippen molar-refractivity contribution in [3.05, 3.63) is 24.4 Å². The first-order chi connectivity index (χ1) is 6.61. The van der Waals surface area contributed by atoms with Crippen LogP contribution in [0.1, 0.15) is 13.8 Å². The maximum Gasteiger partial charge on any atom is 0.321 e. The number of nitrogens with one attached hydrogen (secondary N) is 1. The number of ether oxygens (including phenoxy) is 1. The van der Waals surface area contributed by atoms with Crippen molar-refractivity contribution in [3.8, 4) is 5.88 Å². The molecule has 1 N–H and O–H groups in total. The van der Waals surface area contributed by atoms with Gasteiger partial charge >= 0.3 is 5.97 Å². The average Bonchev–Trinajstić information content (AvgIpc) is 2.18. The van der Waals surface area contributed by atoms with Crippen molar-refractivity contribution in [3.63, 3.8) is 0 Å². The Bertz CT molecular complexity index is 335. The van der Waals surface area contributed by atoms with Crippen LogP contribution in [0.5, 0.6) is 5.88 Å². The van der Waals surface area contributed by atoms with Crippen molar-refractivity contribution in [2.45, 2.75) is 13.8 Å². The number of hydrogen-bond acceptors (Lipinski definition) is 4. The normalized spacial score (nSPS) is 11.9. The predicted molar refractivity (Wildman–Crippen MR) is 52.4 cm³/mol. The average molecular weight is 192 g/mol. The van der Waals surface area contributed by atoms with E-state index in [9.17, 15) is 4.79 Å². The van der Waals surface area contributed by atoms with Gasteiger partial charge in [0.15, 0.2) is 0 Å². The fourth-order valence-corrected chi connectivity index (χ4v) is 0.776. The molecule has 0 radical (unpaired) electrons. The lowest BCUT2D eigenvalue weighted by Gasteiger charge is -2.08. The molecule has 1 aromatic heterocycles. The molecule has 0 aromatic carbocycles. The van der Waals surface area contributed by atoms with E-state index >= 15 is 0 Å². The highest BCUT2D eigenvalue weighted by molar-refractivity contribution is 5.99. The van der Waals surface area contributed by atoms with Gasteiger partial charge in [-0.3, -0.25) is 4.79 Å². The summed E-state index contributed by atoms with van der Waals surface area (Å²) in [5.41, 5.74) is 0.283. The Morgan fingerprint density at radius 1 is 1.57 bits per heavy atom. The molecule has 1 aromatic rings. The molecule has 0 aliphatic carbocycles. The molecular formula is C10H12N2O2. The molecule has 0 saturated heterocycles.